The van der Waals surface area contributed by atoms with Crippen LogP contribution in [0.15, 0.2) is 24.3 Å². The van der Waals surface area contributed by atoms with Crippen LogP contribution in [0.5, 0.6) is 0 Å². The highest BCUT2D eigenvalue weighted by atomic mass is 16.4. The molecule has 0 unspecified atom stereocenters. The van der Waals surface area contributed by atoms with Crippen molar-refractivity contribution in [1.29, 1.82) is 0 Å². The molecule has 2 amide bonds. The number of carbonyl (C=O) groups excluding carboxylic acids is 2. The van der Waals surface area contributed by atoms with Crippen LogP contribution in [-0.2, 0) is 9.59 Å². The second kappa shape index (κ2) is 6.63. The van der Waals surface area contributed by atoms with E-state index in [1.807, 2.05) is 0 Å². The molecule has 3 N–H and O–H groups in total. The van der Waals surface area contributed by atoms with Crippen molar-refractivity contribution in [3.8, 4) is 0 Å². The number of carboxylic acid groups (broad SMARTS) is 1. The first-order valence-corrected chi connectivity index (χ1v) is 8.43. The van der Waals surface area contributed by atoms with Crippen LogP contribution in [0.1, 0.15) is 55.3 Å². The molecule has 0 saturated heterocycles. The fourth-order valence-corrected chi connectivity index (χ4v) is 3.30. The van der Waals surface area contributed by atoms with Gasteiger partial charge in [0.15, 0.2) is 0 Å². The largest absolute Gasteiger partial charge is 0.481 e. The van der Waals surface area contributed by atoms with Gasteiger partial charge in [-0.15, -0.1) is 0 Å². The van der Waals surface area contributed by atoms with Crippen molar-refractivity contribution in [1.82, 2.24) is 5.32 Å². The third-order valence-corrected chi connectivity index (χ3v) is 4.79. The number of hydrogen-bond donors (Lipinski definition) is 3. The summed E-state index contributed by atoms with van der Waals surface area (Å²) in [6.45, 7) is 0. The van der Waals surface area contributed by atoms with Gasteiger partial charge < -0.3 is 15.7 Å². The Morgan fingerprint density at radius 3 is 2.25 bits per heavy atom. The monoisotopic (exact) mass is 330 g/mol. The Morgan fingerprint density at radius 2 is 1.71 bits per heavy atom. The van der Waals surface area contributed by atoms with E-state index in [-0.39, 0.29) is 24.2 Å². The molecule has 6 heteroatoms. The molecule has 24 heavy (non-hydrogen) atoms. The normalized spacial score (nSPS) is 18.8. The molecule has 3 rings (SSSR count). The van der Waals surface area contributed by atoms with Gasteiger partial charge >= 0.3 is 5.97 Å². The minimum Gasteiger partial charge on any atom is -0.481 e. The first-order chi connectivity index (χ1) is 11.5. The van der Waals surface area contributed by atoms with Crippen LogP contribution in [0.2, 0.25) is 0 Å². The van der Waals surface area contributed by atoms with Crippen molar-refractivity contribution in [3.05, 3.63) is 29.8 Å². The number of carboxylic acids is 1. The number of hydrogen-bond acceptors (Lipinski definition) is 3. The fourth-order valence-electron chi connectivity index (χ4n) is 3.30. The first-order valence-electron chi connectivity index (χ1n) is 8.43. The first kappa shape index (κ1) is 16.5. The summed E-state index contributed by atoms with van der Waals surface area (Å²) in [5, 5.41) is 14.9. The van der Waals surface area contributed by atoms with Crippen LogP contribution >= 0.6 is 0 Å². The fraction of sp³-hybridized carbons (Fsp3) is 0.500. The van der Waals surface area contributed by atoms with Gasteiger partial charge in [0.25, 0.3) is 5.91 Å². The van der Waals surface area contributed by atoms with E-state index < -0.39 is 11.5 Å². The summed E-state index contributed by atoms with van der Waals surface area (Å²) < 4.78 is 0. The molecule has 2 saturated carbocycles. The minimum atomic E-state index is -0.893. The summed E-state index contributed by atoms with van der Waals surface area (Å²) in [7, 11) is 0. The third kappa shape index (κ3) is 3.93. The smallest absolute Gasteiger partial charge is 0.305 e. The summed E-state index contributed by atoms with van der Waals surface area (Å²) in [6, 6.07) is 6.71. The minimum absolute atomic E-state index is 0.0265. The van der Waals surface area contributed by atoms with Crippen molar-refractivity contribution >= 4 is 23.5 Å². The van der Waals surface area contributed by atoms with Gasteiger partial charge in [0.2, 0.25) is 5.91 Å². The number of carbonyl (C=O) groups is 3. The molecule has 1 aromatic rings. The lowest BCUT2D eigenvalue weighted by molar-refractivity contribution is -0.138. The van der Waals surface area contributed by atoms with E-state index >= 15 is 0 Å². The van der Waals surface area contributed by atoms with Crippen LogP contribution in [0.25, 0.3) is 0 Å². The second-order valence-corrected chi connectivity index (χ2v) is 6.85. The molecule has 0 spiro atoms. The molecule has 0 aliphatic heterocycles. The van der Waals surface area contributed by atoms with E-state index in [9.17, 15) is 14.4 Å². The zero-order valence-electron chi connectivity index (χ0n) is 13.5. The molecular weight excluding hydrogens is 308 g/mol. The van der Waals surface area contributed by atoms with E-state index in [2.05, 4.69) is 10.6 Å². The van der Waals surface area contributed by atoms with E-state index in [4.69, 9.17) is 5.11 Å². The van der Waals surface area contributed by atoms with E-state index in [0.717, 1.165) is 25.7 Å². The third-order valence-electron chi connectivity index (χ3n) is 4.79. The average molecular weight is 330 g/mol. The SMILES string of the molecule is O=C(O)CC1(NC(=O)c2ccc(NC(=O)C3CC3)cc2)CCCC1. The second-order valence-electron chi connectivity index (χ2n) is 6.85. The van der Waals surface area contributed by atoms with E-state index in [0.29, 0.717) is 24.1 Å². The van der Waals surface area contributed by atoms with Gasteiger partial charge in [0, 0.05) is 17.2 Å². The predicted octanol–water partition coefficient (Wildman–Crippen LogP) is 2.55. The molecule has 0 radical (unpaired) electrons. The Kier molecular flexibility index (Phi) is 4.55. The summed E-state index contributed by atoms with van der Waals surface area (Å²) >= 11 is 0. The number of benzene rings is 1. The van der Waals surface area contributed by atoms with Gasteiger partial charge in [-0.25, -0.2) is 0 Å². The summed E-state index contributed by atoms with van der Waals surface area (Å²) in [4.78, 5) is 35.3. The number of nitrogens with one attached hydrogen (secondary N) is 2. The molecule has 2 aliphatic carbocycles. The highest BCUT2D eigenvalue weighted by Crippen LogP contribution is 2.33. The van der Waals surface area contributed by atoms with Gasteiger partial charge in [-0.2, -0.15) is 0 Å². The molecule has 0 aromatic heterocycles. The molecule has 6 nitrogen and oxygen atoms in total. The lowest BCUT2D eigenvalue weighted by atomic mass is 9.92. The van der Waals surface area contributed by atoms with Crippen LogP contribution in [0.4, 0.5) is 5.69 Å². The summed E-state index contributed by atoms with van der Waals surface area (Å²) in [6.07, 6.45) is 5.09. The van der Waals surface area contributed by atoms with Crippen LogP contribution in [-0.4, -0.2) is 28.4 Å². The summed E-state index contributed by atoms with van der Waals surface area (Å²) in [5.41, 5.74) is 0.502. The molecule has 0 heterocycles. The van der Waals surface area contributed by atoms with Gasteiger partial charge in [-0.3, -0.25) is 14.4 Å². The number of amides is 2. The Morgan fingerprint density at radius 1 is 1.08 bits per heavy atom. The van der Waals surface area contributed by atoms with Crippen molar-refractivity contribution < 1.29 is 19.5 Å². The Labute approximate surface area is 140 Å². The predicted molar refractivity (Wildman–Crippen MR) is 88.7 cm³/mol. The van der Waals surface area contributed by atoms with Crippen molar-refractivity contribution in [3.63, 3.8) is 0 Å². The molecule has 128 valence electrons. The van der Waals surface area contributed by atoms with Crippen LogP contribution < -0.4 is 10.6 Å². The van der Waals surface area contributed by atoms with Gasteiger partial charge in [-0.05, 0) is 49.9 Å². The van der Waals surface area contributed by atoms with Crippen molar-refractivity contribution in [2.75, 3.05) is 5.32 Å². The number of aliphatic carboxylic acids is 1. The number of anilines is 1. The topological polar surface area (TPSA) is 95.5 Å². The molecule has 2 fully saturated rings. The van der Waals surface area contributed by atoms with E-state index in [1.54, 1.807) is 24.3 Å². The van der Waals surface area contributed by atoms with Crippen LogP contribution in [0, 0.1) is 5.92 Å². The van der Waals surface area contributed by atoms with Gasteiger partial charge in [0.05, 0.1) is 12.0 Å². The standard InChI is InChI=1S/C18H22N2O4/c21-15(22)11-18(9-1-2-10-18)20-17(24)13-5-7-14(8-6-13)19-16(23)12-3-4-12/h5-8,12H,1-4,9-11H2,(H,19,23)(H,20,24)(H,21,22). The zero-order valence-corrected chi connectivity index (χ0v) is 13.5. The maximum absolute atomic E-state index is 12.4. The average Bonchev–Trinajstić information content (AvgIpc) is 3.29. The zero-order chi connectivity index (χ0) is 17.2. The maximum atomic E-state index is 12.4. The molecular formula is C18H22N2O4. The quantitative estimate of drug-likeness (QED) is 0.747. The highest BCUT2D eigenvalue weighted by Gasteiger charge is 2.37. The van der Waals surface area contributed by atoms with Crippen molar-refractivity contribution in [2.45, 2.75) is 50.5 Å². The van der Waals surface area contributed by atoms with Gasteiger partial charge in [-0.1, -0.05) is 12.8 Å². The van der Waals surface area contributed by atoms with Gasteiger partial charge in [0.1, 0.15) is 0 Å². The lowest BCUT2D eigenvalue weighted by Crippen LogP contribution is -2.47. The maximum Gasteiger partial charge on any atom is 0.305 e. The number of rotatable bonds is 6. The molecule has 1 aromatic carbocycles. The molecule has 0 atom stereocenters. The molecule has 0 bridgehead atoms. The Bertz CT molecular complexity index is 643. The van der Waals surface area contributed by atoms with Crippen molar-refractivity contribution in [2.24, 2.45) is 5.92 Å². The van der Waals surface area contributed by atoms with Crippen LogP contribution in [0.3, 0.4) is 0 Å². The Hall–Kier alpha value is -2.37. The highest BCUT2D eigenvalue weighted by molar-refractivity contribution is 5.97. The molecule has 2 aliphatic rings. The lowest BCUT2D eigenvalue weighted by Gasteiger charge is -2.28. The summed E-state index contributed by atoms with van der Waals surface area (Å²) in [5.74, 6) is -1.00. The Balaban J connectivity index is 1.63. The van der Waals surface area contributed by atoms with E-state index in [1.165, 1.54) is 0 Å².